The first-order valence-corrected chi connectivity index (χ1v) is 6.85. The van der Waals surface area contributed by atoms with Crippen LogP contribution < -0.4 is 10.1 Å². The van der Waals surface area contributed by atoms with E-state index < -0.39 is 5.60 Å². The van der Waals surface area contributed by atoms with Crippen molar-refractivity contribution in [3.63, 3.8) is 0 Å². The Balaban J connectivity index is 1.94. The van der Waals surface area contributed by atoms with Gasteiger partial charge in [0.1, 0.15) is 5.75 Å². The van der Waals surface area contributed by atoms with E-state index in [9.17, 15) is 9.90 Å². The lowest BCUT2D eigenvalue weighted by Crippen LogP contribution is -2.47. The van der Waals surface area contributed by atoms with Gasteiger partial charge in [-0.25, -0.2) is 0 Å². The van der Waals surface area contributed by atoms with Crippen LogP contribution in [0.2, 0.25) is 0 Å². The predicted octanol–water partition coefficient (Wildman–Crippen LogP) is 2.05. The zero-order chi connectivity index (χ0) is 14.6. The van der Waals surface area contributed by atoms with E-state index in [4.69, 9.17) is 4.74 Å². The quantitative estimate of drug-likeness (QED) is 0.809. The van der Waals surface area contributed by atoms with Crippen molar-refractivity contribution in [2.75, 3.05) is 13.7 Å². The molecule has 108 valence electrons. The Morgan fingerprint density at radius 2 is 2.25 bits per heavy atom. The van der Waals surface area contributed by atoms with Gasteiger partial charge in [-0.05, 0) is 44.4 Å². The molecule has 1 amide bonds. The molecule has 1 fully saturated rings. The number of nitrogens with one attached hydrogen (secondary N) is 1. The molecule has 0 unspecified atom stereocenters. The van der Waals surface area contributed by atoms with E-state index >= 15 is 0 Å². The Morgan fingerprint density at radius 3 is 2.85 bits per heavy atom. The molecule has 4 nitrogen and oxygen atoms in total. The first-order chi connectivity index (χ1) is 9.52. The summed E-state index contributed by atoms with van der Waals surface area (Å²) in [7, 11) is 1.61. The Morgan fingerprint density at radius 1 is 1.50 bits per heavy atom. The minimum atomic E-state index is -0.690. The predicted molar refractivity (Wildman–Crippen MR) is 78.6 cm³/mol. The highest BCUT2D eigenvalue weighted by Gasteiger charge is 2.34. The highest BCUT2D eigenvalue weighted by Crippen LogP contribution is 2.30. The van der Waals surface area contributed by atoms with Crippen molar-refractivity contribution in [2.24, 2.45) is 0 Å². The molecule has 0 spiro atoms. The van der Waals surface area contributed by atoms with E-state index in [2.05, 4.69) is 5.32 Å². The highest BCUT2D eigenvalue weighted by atomic mass is 16.5. The van der Waals surface area contributed by atoms with Crippen LogP contribution in [0.1, 0.15) is 30.4 Å². The van der Waals surface area contributed by atoms with Crippen molar-refractivity contribution in [1.82, 2.24) is 5.32 Å². The van der Waals surface area contributed by atoms with Crippen LogP contribution in [0.25, 0.3) is 6.08 Å². The van der Waals surface area contributed by atoms with Gasteiger partial charge < -0.3 is 15.2 Å². The lowest BCUT2D eigenvalue weighted by molar-refractivity contribution is -0.118. The number of aryl methyl sites for hydroxylation is 1. The van der Waals surface area contributed by atoms with Gasteiger partial charge in [0.05, 0.1) is 12.7 Å². The molecule has 0 aliphatic heterocycles. The van der Waals surface area contributed by atoms with Crippen LogP contribution in [0.5, 0.6) is 5.75 Å². The molecular formula is C16H21NO3. The molecule has 0 aromatic heterocycles. The number of carbonyl (C=O) groups excluding carboxylic acids is 1. The summed E-state index contributed by atoms with van der Waals surface area (Å²) in [6, 6.07) is 5.80. The Bertz CT molecular complexity index is 518. The van der Waals surface area contributed by atoms with E-state index in [1.165, 1.54) is 6.08 Å². The summed E-state index contributed by atoms with van der Waals surface area (Å²) >= 11 is 0. The molecule has 20 heavy (non-hydrogen) atoms. The number of hydrogen-bond acceptors (Lipinski definition) is 3. The van der Waals surface area contributed by atoms with Gasteiger partial charge in [-0.2, -0.15) is 0 Å². The second-order valence-electron chi connectivity index (χ2n) is 5.37. The molecule has 1 aromatic carbocycles. The molecule has 2 rings (SSSR count). The molecule has 0 bridgehead atoms. The van der Waals surface area contributed by atoms with Crippen LogP contribution in [0.3, 0.4) is 0 Å². The fourth-order valence-electron chi connectivity index (χ4n) is 2.22. The van der Waals surface area contributed by atoms with E-state index in [0.29, 0.717) is 6.54 Å². The Hall–Kier alpha value is -1.81. The second-order valence-corrected chi connectivity index (χ2v) is 5.37. The molecular weight excluding hydrogens is 254 g/mol. The minimum absolute atomic E-state index is 0.200. The van der Waals surface area contributed by atoms with E-state index in [1.807, 2.05) is 25.1 Å². The average Bonchev–Trinajstić information content (AvgIpc) is 2.41. The van der Waals surface area contributed by atoms with Gasteiger partial charge in [0.2, 0.25) is 5.91 Å². The second kappa shape index (κ2) is 6.09. The van der Waals surface area contributed by atoms with E-state index in [-0.39, 0.29) is 5.91 Å². The fraction of sp³-hybridized carbons (Fsp3) is 0.438. The van der Waals surface area contributed by atoms with Gasteiger partial charge in [-0.15, -0.1) is 0 Å². The number of benzene rings is 1. The monoisotopic (exact) mass is 275 g/mol. The third-order valence-electron chi connectivity index (χ3n) is 3.68. The van der Waals surface area contributed by atoms with Crippen LogP contribution in [0.4, 0.5) is 0 Å². The summed E-state index contributed by atoms with van der Waals surface area (Å²) in [5.74, 6) is 0.533. The summed E-state index contributed by atoms with van der Waals surface area (Å²) in [6.07, 6.45) is 5.76. The van der Waals surface area contributed by atoms with Crippen LogP contribution in [0.15, 0.2) is 24.3 Å². The normalized spacial score (nSPS) is 16.8. The lowest BCUT2D eigenvalue weighted by Gasteiger charge is -2.36. The van der Waals surface area contributed by atoms with Crippen molar-refractivity contribution in [1.29, 1.82) is 0 Å². The number of rotatable bonds is 5. The van der Waals surface area contributed by atoms with Crippen LogP contribution >= 0.6 is 0 Å². The standard InChI is InChI=1S/C16H21NO3/c1-12-4-6-14(20-2)13(10-12)5-7-15(18)17-11-16(19)8-3-9-16/h4-7,10,19H,3,8-9,11H2,1-2H3,(H,17,18)/b7-5+. The van der Waals surface area contributed by atoms with Gasteiger partial charge >= 0.3 is 0 Å². The summed E-state index contributed by atoms with van der Waals surface area (Å²) in [6.45, 7) is 2.31. The van der Waals surface area contributed by atoms with E-state index in [0.717, 1.165) is 36.1 Å². The number of amides is 1. The smallest absolute Gasteiger partial charge is 0.244 e. The highest BCUT2D eigenvalue weighted by molar-refractivity contribution is 5.92. The van der Waals surface area contributed by atoms with Gasteiger partial charge in [-0.1, -0.05) is 11.6 Å². The van der Waals surface area contributed by atoms with Gasteiger partial charge in [0.25, 0.3) is 0 Å². The molecule has 0 atom stereocenters. The number of hydrogen-bond donors (Lipinski definition) is 2. The third kappa shape index (κ3) is 3.61. The first kappa shape index (κ1) is 14.6. The van der Waals surface area contributed by atoms with Gasteiger partial charge in [0, 0.05) is 18.2 Å². The minimum Gasteiger partial charge on any atom is -0.496 e. The molecule has 1 aliphatic carbocycles. The topological polar surface area (TPSA) is 58.6 Å². The molecule has 0 radical (unpaired) electrons. The van der Waals surface area contributed by atoms with Crippen LogP contribution in [-0.4, -0.2) is 30.3 Å². The fourth-order valence-corrected chi connectivity index (χ4v) is 2.22. The van der Waals surface area contributed by atoms with Crippen molar-refractivity contribution < 1.29 is 14.6 Å². The molecule has 1 saturated carbocycles. The lowest BCUT2D eigenvalue weighted by atomic mass is 9.80. The van der Waals surface area contributed by atoms with Crippen molar-refractivity contribution in [3.05, 3.63) is 35.4 Å². The average molecular weight is 275 g/mol. The summed E-state index contributed by atoms with van der Waals surface area (Å²) < 4.78 is 5.25. The number of methoxy groups -OCH3 is 1. The zero-order valence-corrected chi connectivity index (χ0v) is 12.0. The molecule has 2 N–H and O–H groups in total. The number of carbonyl (C=O) groups is 1. The molecule has 1 aliphatic rings. The maximum atomic E-state index is 11.7. The van der Waals surface area contributed by atoms with Crippen molar-refractivity contribution in [3.8, 4) is 5.75 Å². The summed E-state index contributed by atoms with van der Waals surface area (Å²) in [5, 5.41) is 12.6. The third-order valence-corrected chi connectivity index (χ3v) is 3.68. The van der Waals surface area contributed by atoms with Crippen molar-refractivity contribution in [2.45, 2.75) is 31.8 Å². The molecule has 1 aromatic rings. The van der Waals surface area contributed by atoms with Crippen molar-refractivity contribution >= 4 is 12.0 Å². The maximum absolute atomic E-state index is 11.7. The largest absolute Gasteiger partial charge is 0.496 e. The Kier molecular flexibility index (Phi) is 4.45. The summed E-state index contributed by atoms with van der Waals surface area (Å²) in [4.78, 5) is 11.7. The molecule has 0 saturated heterocycles. The van der Waals surface area contributed by atoms with Gasteiger partial charge in [0.15, 0.2) is 0 Å². The number of ether oxygens (including phenoxy) is 1. The van der Waals surface area contributed by atoms with Crippen LogP contribution in [-0.2, 0) is 4.79 Å². The van der Waals surface area contributed by atoms with E-state index in [1.54, 1.807) is 13.2 Å². The first-order valence-electron chi connectivity index (χ1n) is 6.85. The maximum Gasteiger partial charge on any atom is 0.244 e. The Labute approximate surface area is 119 Å². The molecule has 4 heteroatoms. The summed E-state index contributed by atoms with van der Waals surface area (Å²) in [5.41, 5.74) is 1.28. The van der Waals surface area contributed by atoms with Crippen LogP contribution in [0, 0.1) is 6.92 Å². The van der Waals surface area contributed by atoms with Gasteiger partial charge in [-0.3, -0.25) is 4.79 Å². The zero-order valence-electron chi connectivity index (χ0n) is 12.0. The number of aliphatic hydroxyl groups is 1. The molecule has 0 heterocycles. The SMILES string of the molecule is COc1ccc(C)cc1/C=C/C(=O)NCC1(O)CCC1.